The van der Waals surface area contributed by atoms with Crippen molar-refractivity contribution in [2.75, 3.05) is 27.2 Å². The minimum absolute atomic E-state index is 0. The fourth-order valence-electron chi connectivity index (χ4n) is 2.21. The largest absolute Gasteiger partial charge is 0.379 e. The standard InChI is InChI=1S/C18H31N3O.HI/c1-6-16-8-10-17(11-9-16)14-21(5)18(19-4)20-12-7-13-22-15(2)3;/h8-11,15H,6-7,12-14H2,1-5H3,(H,19,20);1H. The first-order chi connectivity index (χ1) is 10.6. The van der Waals surface area contributed by atoms with Crippen LogP contribution in [0.5, 0.6) is 0 Å². The van der Waals surface area contributed by atoms with Crippen LogP contribution in [0.25, 0.3) is 0 Å². The molecule has 0 saturated carbocycles. The molecular formula is C18H32IN3O. The number of nitrogens with one attached hydrogen (secondary N) is 1. The smallest absolute Gasteiger partial charge is 0.193 e. The fourth-order valence-corrected chi connectivity index (χ4v) is 2.21. The van der Waals surface area contributed by atoms with E-state index in [0.717, 1.165) is 38.5 Å². The maximum Gasteiger partial charge on any atom is 0.193 e. The zero-order chi connectivity index (χ0) is 16.4. The van der Waals surface area contributed by atoms with E-state index in [2.05, 4.69) is 67.3 Å². The van der Waals surface area contributed by atoms with Gasteiger partial charge in [0, 0.05) is 33.8 Å². The molecule has 0 aromatic heterocycles. The monoisotopic (exact) mass is 433 g/mol. The second kappa shape index (κ2) is 12.6. The van der Waals surface area contributed by atoms with E-state index in [1.807, 2.05) is 7.05 Å². The number of rotatable bonds is 8. The summed E-state index contributed by atoms with van der Waals surface area (Å²) in [5.41, 5.74) is 2.67. The van der Waals surface area contributed by atoms with Crippen LogP contribution in [0.3, 0.4) is 0 Å². The van der Waals surface area contributed by atoms with E-state index in [0.29, 0.717) is 6.10 Å². The van der Waals surface area contributed by atoms with E-state index in [9.17, 15) is 0 Å². The van der Waals surface area contributed by atoms with Crippen LogP contribution in [-0.4, -0.2) is 44.2 Å². The van der Waals surface area contributed by atoms with Crippen LogP contribution in [0.2, 0.25) is 0 Å². The molecule has 132 valence electrons. The summed E-state index contributed by atoms with van der Waals surface area (Å²) in [5, 5.41) is 3.38. The molecule has 0 heterocycles. The van der Waals surface area contributed by atoms with Crippen molar-refractivity contribution in [3.8, 4) is 0 Å². The molecule has 0 amide bonds. The normalized spacial score (nSPS) is 11.3. The molecule has 0 aliphatic heterocycles. The quantitative estimate of drug-likeness (QED) is 0.294. The lowest BCUT2D eigenvalue weighted by molar-refractivity contribution is 0.0776. The Morgan fingerprint density at radius 3 is 2.35 bits per heavy atom. The highest BCUT2D eigenvalue weighted by Crippen LogP contribution is 2.07. The molecular weight excluding hydrogens is 401 g/mol. The molecule has 0 radical (unpaired) electrons. The van der Waals surface area contributed by atoms with Crippen molar-refractivity contribution in [2.45, 2.75) is 46.3 Å². The van der Waals surface area contributed by atoms with Crippen molar-refractivity contribution in [1.82, 2.24) is 10.2 Å². The minimum Gasteiger partial charge on any atom is -0.379 e. The summed E-state index contributed by atoms with van der Waals surface area (Å²) in [5.74, 6) is 0.920. The predicted molar refractivity (Wildman–Crippen MR) is 110 cm³/mol. The van der Waals surface area contributed by atoms with E-state index < -0.39 is 0 Å². The number of guanidine groups is 1. The number of benzene rings is 1. The Balaban J connectivity index is 0.00000484. The van der Waals surface area contributed by atoms with Crippen LogP contribution in [0, 0.1) is 0 Å². The Kier molecular flexibility index (Phi) is 12.1. The lowest BCUT2D eigenvalue weighted by Gasteiger charge is -2.22. The highest BCUT2D eigenvalue weighted by atomic mass is 127. The lowest BCUT2D eigenvalue weighted by Crippen LogP contribution is -2.39. The van der Waals surface area contributed by atoms with Crippen LogP contribution >= 0.6 is 24.0 Å². The fraction of sp³-hybridized carbons (Fsp3) is 0.611. The van der Waals surface area contributed by atoms with Gasteiger partial charge in [-0.3, -0.25) is 4.99 Å². The summed E-state index contributed by atoms with van der Waals surface area (Å²) >= 11 is 0. The summed E-state index contributed by atoms with van der Waals surface area (Å²) in [6.45, 7) is 8.80. The van der Waals surface area contributed by atoms with E-state index in [1.165, 1.54) is 11.1 Å². The number of aliphatic imine (C=N–C) groups is 1. The Morgan fingerprint density at radius 2 is 1.83 bits per heavy atom. The molecule has 0 unspecified atom stereocenters. The van der Waals surface area contributed by atoms with Gasteiger partial charge < -0.3 is 15.0 Å². The van der Waals surface area contributed by atoms with Crippen molar-refractivity contribution in [3.05, 3.63) is 35.4 Å². The molecule has 1 aromatic carbocycles. The Labute approximate surface area is 158 Å². The van der Waals surface area contributed by atoms with E-state index >= 15 is 0 Å². The van der Waals surface area contributed by atoms with E-state index in [-0.39, 0.29) is 24.0 Å². The second-order valence-corrected chi connectivity index (χ2v) is 5.77. The third kappa shape index (κ3) is 9.15. The Morgan fingerprint density at radius 1 is 1.22 bits per heavy atom. The highest BCUT2D eigenvalue weighted by molar-refractivity contribution is 14.0. The van der Waals surface area contributed by atoms with E-state index in [1.54, 1.807) is 0 Å². The van der Waals surface area contributed by atoms with Gasteiger partial charge in [0.25, 0.3) is 0 Å². The average Bonchev–Trinajstić information content (AvgIpc) is 2.51. The number of halogens is 1. The molecule has 1 aromatic rings. The SMILES string of the molecule is CCc1ccc(CN(C)C(=NC)NCCCOC(C)C)cc1.I. The Hall–Kier alpha value is -0.820. The van der Waals surface area contributed by atoms with Gasteiger partial charge in [0.1, 0.15) is 0 Å². The van der Waals surface area contributed by atoms with Crippen LogP contribution < -0.4 is 5.32 Å². The minimum atomic E-state index is 0. The van der Waals surface area contributed by atoms with Crippen LogP contribution in [0.4, 0.5) is 0 Å². The van der Waals surface area contributed by atoms with Gasteiger partial charge in [0.05, 0.1) is 6.10 Å². The van der Waals surface area contributed by atoms with Gasteiger partial charge in [-0.05, 0) is 37.8 Å². The number of nitrogens with zero attached hydrogens (tertiary/aromatic N) is 2. The molecule has 23 heavy (non-hydrogen) atoms. The number of hydrogen-bond donors (Lipinski definition) is 1. The van der Waals surface area contributed by atoms with Crippen molar-refractivity contribution >= 4 is 29.9 Å². The summed E-state index contributed by atoms with van der Waals surface area (Å²) in [4.78, 5) is 6.48. The van der Waals surface area contributed by atoms with Crippen molar-refractivity contribution in [2.24, 2.45) is 4.99 Å². The van der Waals surface area contributed by atoms with Gasteiger partial charge in [-0.2, -0.15) is 0 Å². The maximum atomic E-state index is 5.54. The topological polar surface area (TPSA) is 36.9 Å². The van der Waals surface area contributed by atoms with Crippen molar-refractivity contribution < 1.29 is 4.74 Å². The van der Waals surface area contributed by atoms with Crippen LogP contribution in [-0.2, 0) is 17.7 Å². The highest BCUT2D eigenvalue weighted by Gasteiger charge is 2.06. The first-order valence-corrected chi connectivity index (χ1v) is 8.18. The molecule has 5 heteroatoms. The van der Waals surface area contributed by atoms with Crippen molar-refractivity contribution in [1.29, 1.82) is 0 Å². The molecule has 0 aliphatic carbocycles. The first-order valence-electron chi connectivity index (χ1n) is 8.18. The van der Waals surface area contributed by atoms with Crippen LogP contribution in [0.1, 0.15) is 38.3 Å². The summed E-state index contributed by atoms with van der Waals surface area (Å²) in [7, 11) is 3.89. The number of ether oxygens (including phenoxy) is 1. The van der Waals surface area contributed by atoms with E-state index in [4.69, 9.17) is 4.74 Å². The van der Waals surface area contributed by atoms with Gasteiger partial charge in [-0.15, -0.1) is 24.0 Å². The number of aryl methyl sites for hydroxylation is 1. The first kappa shape index (κ1) is 22.2. The third-order valence-electron chi connectivity index (χ3n) is 3.48. The van der Waals surface area contributed by atoms with Gasteiger partial charge in [0.2, 0.25) is 0 Å². The summed E-state index contributed by atoms with van der Waals surface area (Å²) < 4.78 is 5.54. The molecule has 0 saturated heterocycles. The lowest BCUT2D eigenvalue weighted by atomic mass is 10.1. The number of hydrogen-bond acceptors (Lipinski definition) is 2. The molecule has 1 rings (SSSR count). The molecule has 0 fully saturated rings. The molecule has 0 spiro atoms. The van der Waals surface area contributed by atoms with Gasteiger partial charge in [-0.25, -0.2) is 0 Å². The van der Waals surface area contributed by atoms with Gasteiger partial charge >= 0.3 is 0 Å². The molecule has 0 aliphatic rings. The molecule has 0 atom stereocenters. The molecule has 1 N–H and O–H groups in total. The van der Waals surface area contributed by atoms with Crippen molar-refractivity contribution in [3.63, 3.8) is 0 Å². The zero-order valence-electron chi connectivity index (χ0n) is 15.1. The van der Waals surface area contributed by atoms with Gasteiger partial charge in [0.15, 0.2) is 5.96 Å². The average molecular weight is 433 g/mol. The maximum absolute atomic E-state index is 5.54. The summed E-state index contributed by atoms with van der Waals surface area (Å²) in [6, 6.07) is 8.78. The van der Waals surface area contributed by atoms with Crippen LogP contribution in [0.15, 0.2) is 29.3 Å². The Bertz CT molecular complexity index is 446. The third-order valence-corrected chi connectivity index (χ3v) is 3.48. The predicted octanol–water partition coefficient (Wildman–Crippen LogP) is 3.69. The second-order valence-electron chi connectivity index (χ2n) is 5.77. The molecule has 0 bridgehead atoms. The van der Waals surface area contributed by atoms with Gasteiger partial charge in [-0.1, -0.05) is 31.2 Å². The zero-order valence-corrected chi connectivity index (χ0v) is 17.5. The summed E-state index contributed by atoms with van der Waals surface area (Å²) in [6.07, 6.45) is 2.36. The molecule has 4 nitrogen and oxygen atoms in total.